The first-order valence-corrected chi connectivity index (χ1v) is 9.11. The van der Waals surface area contributed by atoms with Crippen LogP contribution < -0.4 is 10.6 Å². The molecule has 0 bridgehead atoms. The Bertz CT molecular complexity index is 785. The zero-order valence-corrected chi connectivity index (χ0v) is 15.3. The van der Waals surface area contributed by atoms with Gasteiger partial charge in [-0.05, 0) is 18.4 Å². The average molecular weight is 394 g/mol. The van der Waals surface area contributed by atoms with Crippen molar-refractivity contribution in [3.8, 4) is 0 Å². The molecule has 0 aromatic carbocycles. The molecule has 0 spiro atoms. The van der Waals surface area contributed by atoms with Crippen LogP contribution in [0.15, 0.2) is 40.8 Å². The molecule has 3 heterocycles. The first-order chi connectivity index (χ1) is 13.1. The Morgan fingerprint density at radius 1 is 1.30 bits per heavy atom. The highest BCUT2D eigenvalue weighted by Gasteiger charge is 2.35. The third kappa shape index (κ3) is 4.40. The number of nitrogens with one attached hydrogen (secondary N) is 2. The lowest BCUT2D eigenvalue weighted by Gasteiger charge is -2.28. The highest BCUT2D eigenvalue weighted by Crippen LogP contribution is 2.30. The monoisotopic (exact) mass is 394 g/mol. The van der Waals surface area contributed by atoms with E-state index in [2.05, 4.69) is 10.6 Å². The largest absolute Gasteiger partial charge is 0.493 e. The smallest absolute Gasteiger partial charge is 0.377 e. The van der Waals surface area contributed by atoms with Gasteiger partial charge in [-0.15, -0.1) is 11.3 Å². The molecule has 1 atom stereocenters. The molecule has 3 rings (SSSR count). The van der Waals surface area contributed by atoms with Crippen LogP contribution in [0.1, 0.15) is 17.8 Å². The summed E-state index contributed by atoms with van der Waals surface area (Å²) in [7, 11) is 0. The van der Waals surface area contributed by atoms with Crippen molar-refractivity contribution in [3.05, 3.63) is 45.7 Å². The molecule has 2 aliphatic rings. The zero-order valence-electron chi connectivity index (χ0n) is 14.5. The number of carbonyl (C=O) groups is 3. The van der Waals surface area contributed by atoms with Crippen molar-refractivity contribution in [1.82, 2.24) is 10.6 Å². The highest BCUT2D eigenvalue weighted by atomic mass is 32.1. The van der Waals surface area contributed by atoms with Crippen LogP contribution in [0.4, 0.5) is 4.79 Å². The van der Waals surface area contributed by atoms with Crippen molar-refractivity contribution in [2.45, 2.75) is 13.0 Å². The minimum atomic E-state index is -0.758. The van der Waals surface area contributed by atoms with Crippen LogP contribution in [-0.4, -0.2) is 44.4 Å². The molecule has 0 aliphatic carbocycles. The van der Waals surface area contributed by atoms with Crippen LogP contribution in [0, 0.1) is 0 Å². The molecule has 0 radical (unpaired) electrons. The second-order valence-electron chi connectivity index (χ2n) is 5.44. The summed E-state index contributed by atoms with van der Waals surface area (Å²) in [4.78, 5) is 37.4. The SMILES string of the molecule is CCOC(=O)C1=C(COC(=O)C2=COCCO2)NC(=O)NC1c1cccs1. The van der Waals surface area contributed by atoms with E-state index in [-0.39, 0.29) is 36.8 Å². The molecule has 144 valence electrons. The van der Waals surface area contributed by atoms with Gasteiger partial charge in [0, 0.05) is 4.88 Å². The van der Waals surface area contributed by atoms with Gasteiger partial charge in [-0.25, -0.2) is 14.4 Å². The number of rotatable bonds is 6. The van der Waals surface area contributed by atoms with Crippen molar-refractivity contribution >= 4 is 29.3 Å². The summed E-state index contributed by atoms with van der Waals surface area (Å²) in [5, 5.41) is 7.05. The number of thiophene rings is 1. The number of hydrogen-bond acceptors (Lipinski definition) is 8. The number of esters is 2. The molecule has 27 heavy (non-hydrogen) atoms. The lowest BCUT2D eigenvalue weighted by atomic mass is 10.0. The molecule has 1 unspecified atom stereocenters. The zero-order chi connectivity index (χ0) is 19.2. The van der Waals surface area contributed by atoms with Crippen LogP contribution in [0.25, 0.3) is 0 Å². The Morgan fingerprint density at radius 3 is 2.81 bits per heavy atom. The van der Waals surface area contributed by atoms with E-state index in [1.807, 2.05) is 11.4 Å². The third-order valence-corrected chi connectivity index (χ3v) is 4.61. The maximum Gasteiger partial charge on any atom is 0.377 e. The number of carbonyl (C=O) groups excluding carboxylic acids is 3. The molecule has 2 aliphatic heterocycles. The second kappa shape index (κ2) is 8.58. The van der Waals surface area contributed by atoms with E-state index in [1.54, 1.807) is 13.0 Å². The molecule has 0 saturated carbocycles. The Balaban J connectivity index is 1.85. The van der Waals surface area contributed by atoms with E-state index < -0.39 is 24.0 Å². The van der Waals surface area contributed by atoms with Crippen molar-refractivity contribution in [2.75, 3.05) is 26.4 Å². The summed E-state index contributed by atoms with van der Waals surface area (Å²) in [5.74, 6) is -1.44. The summed E-state index contributed by atoms with van der Waals surface area (Å²) >= 11 is 1.38. The van der Waals surface area contributed by atoms with Crippen molar-refractivity contribution in [2.24, 2.45) is 0 Å². The fourth-order valence-electron chi connectivity index (χ4n) is 2.53. The molecule has 10 heteroatoms. The fourth-order valence-corrected chi connectivity index (χ4v) is 3.32. The van der Waals surface area contributed by atoms with E-state index in [0.717, 1.165) is 4.88 Å². The predicted molar refractivity (Wildman–Crippen MR) is 93.3 cm³/mol. The number of amides is 2. The molecular formula is C17H18N2O7S. The van der Waals surface area contributed by atoms with Crippen LogP contribution in [0.3, 0.4) is 0 Å². The molecule has 1 aromatic heterocycles. The quantitative estimate of drug-likeness (QED) is 0.701. The van der Waals surface area contributed by atoms with Gasteiger partial charge in [0.2, 0.25) is 5.76 Å². The number of ether oxygens (including phenoxy) is 4. The highest BCUT2D eigenvalue weighted by molar-refractivity contribution is 7.10. The topological polar surface area (TPSA) is 112 Å². The Morgan fingerprint density at radius 2 is 2.15 bits per heavy atom. The summed E-state index contributed by atoms with van der Waals surface area (Å²) in [6.45, 7) is 2.10. The minimum absolute atomic E-state index is 0.0744. The summed E-state index contributed by atoms with van der Waals surface area (Å²) in [6, 6.07) is 2.40. The lowest BCUT2D eigenvalue weighted by molar-refractivity contribution is -0.144. The van der Waals surface area contributed by atoms with Gasteiger partial charge in [0.15, 0.2) is 0 Å². The third-order valence-electron chi connectivity index (χ3n) is 3.67. The molecule has 9 nitrogen and oxygen atoms in total. The van der Waals surface area contributed by atoms with Gasteiger partial charge in [0.25, 0.3) is 0 Å². The van der Waals surface area contributed by atoms with Crippen molar-refractivity contribution in [1.29, 1.82) is 0 Å². The van der Waals surface area contributed by atoms with Crippen molar-refractivity contribution < 1.29 is 33.3 Å². The number of hydrogen-bond donors (Lipinski definition) is 2. The average Bonchev–Trinajstić information content (AvgIpc) is 3.21. The maximum absolute atomic E-state index is 12.5. The fraction of sp³-hybridized carbons (Fsp3) is 0.353. The van der Waals surface area contributed by atoms with E-state index in [9.17, 15) is 14.4 Å². The molecule has 0 saturated heterocycles. The van der Waals surface area contributed by atoms with Gasteiger partial charge in [0.05, 0.1) is 23.9 Å². The van der Waals surface area contributed by atoms with Gasteiger partial charge in [-0.1, -0.05) is 6.07 Å². The first kappa shape index (κ1) is 18.8. The Hall–Kier alpha value is -3.01. The van der Waals surface area contributed by atoms with Gasteiger partial charge >= 0.3 is 18.0 Å². The van der Waals surface area contributed by atoms with Gasteiger partial charge in [0.1, 0.15) is 26.1 Å². The van der Waals surface area contributed by atoms with Crippen LogP contribution in [-0.2, 0) is 28.5 Å². The second-order valence-corrected chi connectivity index (χ2v) is 6.42. The molecular weight excluding hydrogens is 376 g/mol. The van der Waals surface area contributed by atoms with Crippen LogP contribution >= 0.6 is 11.3 Å². The van der Waals surface area contributed by atoms with Gasteiger partial charge in [-0.2, -0.15) is 0 Å². The molecule has 2 N–H and O–H groups in total. The Labute approximate surface area is 158 Å². The number of urea groups is 1. The van der Waals surface area contributed by atoms with Gasteiger partial charge in [-0.3, -0.25) is 0 Å². The first-order valence-electron chi connectivity index (χ1n) is 8.23. The lowest BCUT2D eigenvalue weighted by Crippen LogP contribution is -2.47. The Kier molecular flexibility index (Phi) is 5.97. The van der Waals surface area contributed by atoms with E-state index in [0.29, 0.717) is 6.61 Å². The minimum Gasteiger partial charge on any atom is -0.493 e. The van der Waals surface area contributed by atoms with E-state index in [1.165, 1.54) is 17.6 Å². The van der Waals surface area contributed by atoms with E-state index >= 15 is 0 Å². The molecule has 2 amide bonds. The van der Waals surface area contributed by atoms with Crippen LogP contribution in [0.2, 0.25) is 0 Å². The summed E-state index contributed by atoms with van der Waals surface area (Å²) in [6.07, 6.45) is 1.17. The van der Waals surface area contributed by atoms with E-state index in [4.69, 9.17) is 18.9 Å². The molecule has 1 aromatic rings. The van der Waals surface area contributed by atoms with Crippen molar-refractivity contribution in [3.63, 3.8) is 0 Å². The van der Waals surface area contributed by atoms with Crippen LogP contribution in [0.5, 0.6) is 0 Å². The normalized spacial score (nSPS) is 19.1. The summed E-state index contributed by atoms with van der Waals surface area (Å²) < 4.78 is 20.5. The predicted octanol–water partition coefficient (Wildman–Crippen LogP) is 1.35. The van der Waals surface area contributed by atoms with Gasteiger partial charge < -0.3 is 29.6 Å². The summed E-state index contributed by atoms with van der Waals surface area (Å²) in [5.41, 5.74) is 0.336. The maximum atomic E-state index is 12.5. The molecule has 0 fully saturated rings. The standard InChI is InChI=1S/C17H18N2O7S/c1-2-24-16(21)13-10(8-26-15(20)11-9-23-5-6-25-11)18-17(22)19-14(13)12-4-3-7-27-12/h3-4,7,9,14H,2,5-6,8H2,1H3,(H2,18,19,22).